The zero-order valence-electron chi connectivity index (χ0n) is 11.6. The molecule has 2 fully saturated rings. The zero-order valence-corrected chi connectivity index (χ0v) is 13.2. The monoisotopic (exact) mass is 330 g/mol. The predicted octanol–water partition coefficient (Wildman–Crippen LogP) is 3.00. The smallest absolute Gasteiger partial charge is 0.258 e. The third kappa shape index (κ3) is 2.72. The van der Waals surface area contributed by atoms with Crippen LogP contribution in [0.3, 0.4) is 0 Å². The van der Waals surface area contributed by atoms with Gasteiger partial charge in [-0.25, -0.2) is 8.42 Å². The van der Waals surface area contributed by atoms with Gasteiger partial charge in [0.15, 0.2) is 0 Å². The second-order valence-corrected chi connectivity index (χ2v) is 8.90. The summed E-state index contributed by atoms with van der Waals surface area (Å²) in [5.74, 6) is 0.456. The van der Waals surface area contributed by atoms with Gasteiger partial charge in [-0.05, 0) is 49.0 Å². The van der Waals surface area contributed by atoms with Gasteiger partial charge in [0, 0.05) is 18.7 Å². The van der Waals surface area contributed by atoms with E-state index in [2.05, 4.69) is 0 Å². The third-order valence-corrected chi connectivity index (χ3v) is 7.93. The second-order valence-electron chi connectivity index (χ2n) is 5.72. The molecule has 2 heterocycles. The summed E-state index contributed by atoms with van der Waals surface area (Å²) in [6.07, 6.45) is 6.24. The Hall–Kier alpha value is -0.990. The van der Waals surface area contributed by atoms with E-state index in [-0.39, 0.29) is 15.3 Å². The van der Waals surface area contributed by atoms with E-state index in [0.29, 0.717) is 12.5 Å². The molecule has 2 atom stereocenters. The van der Waals surface area contributed by atoms with Gasteiger partial charge in [0.25, 0.3) is 10.0 Å². The Morgan fingerprint density at radius 1 is 1.19 bits per heavy atom. The fraction of sp³-hybridized carbons (Fsp3) is 0.692. The number of nitrogens with zero attached hydrogens (tertiary/aromatic N) is 2. The van der Waals surface area contributed by atoms with E-state index in [1.54, 1.807) is 4.31 Å². The molecule has 8 heteroatoms. The number of fused-ring (bicyclic) bond motifs is 1. The van der Waals surface area contributed by atoms with Gasteiger partial charge in [-0.3, -0.25) is 10.1 Å². The highest BCUT2D eigenvalue weighted by Gasteiger charge is 2.40. The molecule has 1 aliphatic carbocycles. The van der Waals surface area contributed by atoms with Crippen LogP contribution < -0.4 is 0 Å². The molecule has 2 aliphatic rings. The minimum Gasteiger partial charge on any atom is -0.258 e. The van der Waals surface area contributed by atoms with E-state index in [0.717, 1.165) is 43.4 Å². The molecule has 0 aromatic carbocycles. The normalized spacial score (nSPS) is 27.2. The van der Waals surface area contributed by atoms with E-state index in [4.69, 9.17) is 0 Å². The van der Waals surface area contributed by atoms with Gasteiger partial charge in [-0.15, -0.1) is 0 Å². The molecule has 0 radical (unpaired) electrons. The Labute approximate surface area is 128 Å². The fourth-order valence-corrected chi connectivity index (χ4v) is 6.53. The minimum absolute atomic E-state index is 0.0821. The van der Waals surface area contributed by atoms with Crippen molar-refractivity contribution < 1.29 is 13.3 Å². The molecule has 1 aromatic heterocycles. The van der Waals surface area contributed by atoms with Crippen LogP contribution >= 0.6 is 11.3 Å². The summed E-state index contributed by atoms with van der Waals surface area (Å²) in [5.41, 5.74) is 0. The Morgan fingerprint density at radius 2 is 1.90 bits per heavy atom. The average Bonchev–Trinajstić information content (AvgIpc) is 2.97. The topological polar surface area (TPSA) is 80.5 Å². The maximum Gasteiger partial charge on any atom is 0.325 e. The van der Waals surface area contributed by atoms with Crippen molar-refractivity contribution in [1.29, 1.82) is 0 Å². The van der Waals surface area contributed by atoms with Gasteiger partial charge in [0.2, 0.25) is 0 Å². The van der Waals surface area contributed by atoms with E-state index < -0.39 is 14.9 Å². The highest BCUT2D eigenvalue weighted by molar-refractivity contribution is 7.91. The summed E-state index contributed by atoms with van der Waals surface area (Å²) in [6.45, 7) is 0.537. The van der Waals surface area contributed by atoms with Crippen molar-refractivity contribution in [3.63, 3.8) is 0 Å². The molecule has 2 unspecified atom stereocenters. The maximum atomic E-state index is 12.8. The Morgan fingerprint density at radius 3 is 2.62 bits per heavy atom. The Balaban J connectivity index is 1.90. The quantitative estimate of drug-likeness (QED) is 0.630. The lowest BCUT2D eigenvalue weighted by molar-refractivity contribution is -0.380. The van der Waals surface area contributed by atoms with E-state index >= 15 is 0 Å². The van der Waals surface area contributed by atoms with Crippen molar-refractivity contribution >= 4 is 26.4 Å². The van der Waals surface area contributed by atoms with Gasteiger partial charge in [-0.1, -0.05) is 12.8 Å². The summed E-state index contributed by atoms with van der Waals surface area (Å²) < 4.78 is 27.3. The molecule has 6 nitrogen and oxygen atoms in total. The Kier molecular flexibility index (Phi) is 4.02. The Bertz CT molecular complexity index is 638. The summed E-state index contributed by atoms with van der Waals surface area (Å²) in [6, 6.07) is 2.73. The molecule has 3 rings (SSSR count). The molecule has 116 valence electrons. The van der Waals surface area contributed by atoms with Crippen LogP contribution in [0.4, 0.5) is 5.00 Å². The molecule has 1 aliphatic heterocycles. The fourth-order valence-electron chi connectivity index (χ4n) is 3.54. The first-order valence-corrected chi connectivity index (χ1v) is 9.52. The highest BCUT2D eigenvalue weighted by Crippen LogP contribution is 2.39. The SMILES string of the molecule is O=[N+]([O-])c1ccc(S(=O)(=O)N2CCCC3CCCCC32)s1. The first-order valence-electron chi connectivity index (χ1n) is 7.26. The molecule has 0 spiro atoms. The van der Waals surface area contributed by atoms with Crippen LogP contribution in [-0.2, 0) is 10.0 Å². The largest absolute Gasteiger partial charge is 0.325 e. The van der Waals surface area contributed by atoms with Gasteiger partial charge < -0.3 is 0 Å². The number of thiophene rings is 1. The summed E-state index contributed by atoms with van der Waals surface area (Å²) in [4.78, 5) is 10.2. The van der Waals surface area contributed by atoms with Gasteiger partial charge in [-0.2, -0.15) is 4.31 Å². The van der Waals surface area contributed by atoms with Crippen LogP contribution in [0.25, 0.3) is 0 Å². The molecular formula is C13H18N2O4S2. The number of hydrogen-bond acceptors (Lipinski definition) is 5. The van der Waals surface area contributed by atoms with Crippen molar-refractivity contribution in [3.05, 3.63) is 22.2 Å². The maximum absolute atomic E-state index is 12.8. The summed E-state index contributed by atoms with van der Waals surface area (Å²) >= 11 is 0.752. The van der Waals surface area contributed by atoms with Crippen molar-refractivity contribution in [3.8, 4) is 0 Å². The van der Waals surface area contributed by atoms with Gasteiger partial charge in [0.05, 0.1) is 4.92 Å². The number of rotatable bonds is 3. The van der Waals surface area contributed by atoms with Crippen molar-refractivity contribution in [2.45, 2.75) is 48.8 Å². The number of sulfonamides is 1. The third-order valence-electron chi connectivity index (χ3n) is 4.50. The lowest BCUT2D eigenvalue weighted by Crippen LogP contribution is -2.49. The standard InChI is InChI=1S/C13H18N2O4S2/c16-15(17)12-7-8-13(20-12)21(18,19)14-9-3-5-10-4-1-2-6-11(10)14/h7-8,10-11H,1-6,9H2. The molecule has 0 bridgehead atoms. The predicted molar refractivity (Wildman–Crippen MR) is 79.8 cm³/mol. The van der Waals surface area contributed by atoms with Gasteiger partial charge in [0.1, 0.15) is 4.21 Å². The number of piperidine rings is 1. The first kappa shape index (κ1) is 14.9. The molecule has 0 N–H and O–H groups in total. The van der Waals surface area contributed by atoms with Crippen LogP contribution in [0.5, 0.6) is 0 Å². The molecule has 21 heavy (non-hydrogen) atoms. The van der Waals surface area contributed by atoms with E-state index in [1.165, 1.54) is 18.6 Å². The average molecular weight is 330 g/mol. The number of hydrogen-bond donors (Lipinski definition) is 0. The van der Waals surface area contributed by atoms with Crippen molar-refractivity contribution in [2.75, 3.05) is 6.54 Å². The van der Waals surface area contributed by atoms with E-state index in [1.807, 2.05) is 0 Å². The van der Waals surface area contributed by atoms with Crippen LogP contribution in [-0.4, -0.2) is 30.2 Å². The van der Waals surface area contributed by atoms with Crippen LogP contribution in [0.15, 0.2) is 16.3 Å². The zero-order chi connectivity index (χ0) is 15.0. The van der Waals surface area contributed by atoms with Crippen molar-refractivity contribution in [1.82, 2.24) is 4.31 Å². The molecule has 0 amide bonds. The first-order chi connectivity index (χ1) is 10.00. The highest BCUT2D eigenvalue weighted by atomic mass is 32.2. The molecule has 1 saturated carbocycles. The van der Waals surface area contributed by atoms with Crippen LogP contribution in [0, 0.1) is 16.0 Å². The van der Waals surface area contributed by atoms with Crippen LogP contribution in [0.1, 0.15) is 38.5 Å². The lowest BCUT2D eigenvalue weighted by Gasteiger charge is -2.42. The van der Waals surface area contributed by atoms with Crippen LogP contribution in [0.2, 0.25) is 0 Å². The van der Waals surface area contributed by atoms with Crippen molar-refractivity contribution in [2.24, 2.45) is 5.92 Å². The number of nitro groups is 1. The lowest BCUT2D eigenvalue weighted by atomic mass is 9.79. The van der Waals surface area contributed by atoms with Gasteiger partial charge >= 0.3 is 5.00 Å². The minimum atomic E-state index is -3.60. The summed E-state index contributed by atoms with van der Waals surface area (Å²) in [7, 11) is -3.60. The molecule has 1 aromatic rings. The second kappa shape index (κ2) is 5.66. The molecule has 1 saturated heterocycles. The van der Waals surface area contributed by atoms with E-state index in [9.17, 15) is 18.5 Å². The molecular weight excluding hydrogens is 312 g/mol. The summed E-state index contributed by atoms with van der Waals surface area (Å²) in [5, 5.41) is 10.6.